The maximum absolute atomic E-state index is 11.0. The van der Waals surface area contributed by atoms with Gasteiger partial charge in [0.05, 0.1) is 17.6 Å². The molecule has 0 aromatic carbocycles. The topological polar surface area (TPSA) is 85.3 Å². The molecule has 0 spiro atoms. The van der Waals surface area contributed by atoms with Gasteiger partial charge >= 0.3 is 5.97 Å². The van der Waals surface area contributed by atoms with Crippen molar-refractivity contribution in [1.29, 1.82) is 0 Å². The van der Waals surface area contributed by atoms with Crippen LogP contribution < -0.4 is 0 Å². The van der Waals surface area contributed by atoms with Crippen molar-refractivity contribution in [2.24, 2.45) is 7.05 Å². The Morgan fingerprint density at radius 2 is 2.00 bits per heavy atom. The second-order valence-electron chi connectivity index (χ2n) is 3.77. The van der Waals surface area contributed by atoms with E-state index in [1.807, 2.05) is 13.1 Å². The summed E-state index contributed by atoms with van der Waals surface area (Å²) in [4.78, 5) is 15.1. The van der Waals surface area contributed by atoms with Gasteiger partial charge in [-0.3, -0.25) is 4.68 Å². The molecule has 0 saturated carbocycles. The van der Waals surface area contributed by atoms with E-state index in [0.717, 1.165) is 11.4 Å². The quantitative estimate of drug-likeness (QED) is 0.720. The minimum Gasteiger partial charge on any atom is -0.477 e. The summed E-state index contributed by atoms with van der Waals surface area (Å²) in [6, 6.07) is 3.60. The summed E-state index contributed by atoms with van der Waals surface area (Å²) in [7, 11) is 1.81. The highest BCUT2D eigenvalue weighted by Gasteiger charge is 2.15. The first-order chi connectivity index (χ1) is 8.68. The molecule has 0 aliphatic carbocycles. The molecular weight excluding hydrogens is 234 g/mol. The van der Waals surface area contributed by atoms with Crippen LogP contribution in [0.2, 0.25) is 0 Å². The number of aromatic nitrogens is 5. The Balaban J connectivity index is 2.32. The summed E-state index contributed by atoms with van der Waals surface area (Å²) in [6.45, 7) is 0. The Kier molecular flexibility index (Phi) is 2.12. The van der Waals surface area contributed by atoms with E-state index in [9.17, 15) is 4.79 Å². The summed E-state index contributed by atoms with van der Waals surface area (Å²) in [5, 5.41) is 17.2. The van der Waals surface area contributed by atoms with Crippen molar-refractivity contribution >= 4 is 11.6 Å². The van der Waals surface area contributed by atoms with Crippen LogP contribution in [0.1, 0.15) is 10.4 Å². The predicted molar refractivity (Wildman–Crippen MR) is 62.1 cm³/mol. The molecule has 0 amide bonds. The highest BCUT2D eigenvalue weighted by Crippen LogP contribution is 2.19. The fourth-order valence-corrected chi connectivity index (χ4v) is 1.86. The van der Waals surface area contributed by atoms with Crippen LogP contribution >= 0.6 is 0 Å². The Morgan fingerprint density at radius 1 is 1.22 bits per heavy atom. The van der Waals surface area contributed by atoms with E-state index in [2.05, 4.69) is 15.2 Å². The third kappa shape index (κ3) is 1.37. The highest BCUT2D eigenvalue weighted by atomic mass is 16.4. The first-order valence-corrected chi connectivity index (χ1v) is 5.23. The summed E-state index contributed by atoms with van der Waals surface area (Å²) >= 11 is 0. The van der Waals surface area contributed by atoms with Crippen LogP contribution in [-0.2, 0) is 7.05 Å². The minimum absolute atomic E-state index is 0.0824. The average Bonchev–Trinajstić information content (AvgIpc) is 2.94. The summed E-state index contributed by atoms with van der Waals surface area (Å²) < 4.78 is 3.19. The molecule has 7 heteroatoms. The van der Waals surface area contributed by atoms with Gasteiger partial charge in [-0.15, -0.1) is 0 Å². The number of carboxylic acid groups (broad SMARTS) is 1. The Bertz CT molecular complexity index is 743. The monoisotopic (exact) mass is 243 g/mol. The molecule has 0 radical (unpaired) electrons. The molecule has 3 aromatic heterocycles. The van der Waals surface area contributed by atoms with E-state index in [-0.39, 0.29) is 5.56 Å². The van der Waals surface area contributed by atoms with Gasteiger partial charge in [-0.05, 0) is 12.1 Å². The lowest BCUT2D eigenvalue weighted by Crippen LogP contribution is -2.02. The maximum Gasteiger partial charge on any atom is 0.341 e. The van der Waals surface area contributed by atoms with E-state index in [1.54, 1.807) is 23.1 Å². The molecule has 1 N–H and O–H groups in total. The van der Waals surface area contributed by atoms with E-state index in [0.29, 0.717) is 5.65 Å². The lowest BCUT2D eigenvalue weighted by Gasteiger charge is -2.04. The van der Waals surface area contributed by atoms with Crippen molar-refractivity contribution in [3.05, 3.63) is 36.3 Å². The van der Waals surface area contributed by atoms with E-state index in [1.165, 1.54) is 10.7 Å². The average molecular weight is 243 g/mol. The smallest absolute Gasteiger partial charge is 0.341 e. The molecule has 0 unspecified atom stereocenters. The van der Waals surface area contributed by atoms with Gasteiger partial charge in [-0.25, -0.2) is 14.3 Å². The van der Waals surface area contributed by atoms with E-state index >= 15 is 0 Å². The largest absolute Gasteiger partial charge is 0.477 e. The summed E-state index contributed by atoms with van der Waals surface area (Å²) in [6.07, 6.45) is 4.53. The van der Waals surface area contributed by atoms with Gasteiger partial charge in [-0.1, -0.05) is 0 Å². The molecule has 0 atom stereocenters. The van der Waals surface area contributed by atoms with Crippen LogP contribution in [0, 0.1) is 0 Å². The number of fused-ring (bicyclic) bond motifs is 1. The van der Waals surface area contributed by atoms with Crippen molar-refractivity contribution in [2.75, 3.05) is 0 Å². The zero-order chi connectivity index (χ0) is 12.7. The van der Waals surface area contributed by atoms with Gasteiger partial charge < -0.3 is 5.11 Å². The van der Waals surface area contributed by atoms with Crippen molar-refractivity contribution in [3.8, 4) is 11.4 Å². The van der Waals surface area contributed by atoms with Crippen molar-refractivity contribution in [3.63, 3.8) is 0 Å². The third-order valence-corrected chi connectivity index (χ3v) is 2.71. The van der Waals surface area contributed by atoms with Gasteiger partial charge in [0.25, 0.3) is 0 Å². The van der Waals surface area contributed by atoms with Gasteiger partial charge in [0.1, 0.15) is 5.56 Å². The molecule has 0 bridgehead atoms. The number of carboxylic acids is 1. The van der Waals surface area contributed by atoms with Crippen LogP contribution in [0.5, 0.6) is 0 Å². The van der Waals surface area contributed by atoms with Gasteiger partial charge in [-0.2, -0.15) is 10.2 Å². The zero-order valence-corrected chi connectivity index (χ0v) is 9.48. The fraction of sp³-hybridized carbons (Fsp3) is 0.0909. The molecule has 90 valence electrons. The number of rotatable bonds is 2. The van der Waals surface area contributed by atoms with Crippen molar-refractivity contribution < 1.29 is 9.90 Å². The molecule has 7 nitrogen and oxygen atoms in total. The highest BCUT2D eigenvalue weighted by molar-refractivity contribution is 5.94. The van der Waals surface area contributed by atoms with Gasteiger partial charge in [0.2, 0.25) is 0 Å². The molecule has 3 rings (SSSR count). The number of nitrogens with zero attached hydrogens (tertiary/aromatic N) is 5. The molecule has 0 saturated heterocycles. The number of aromatic carboxylic acids is 1. The minimum atomic E-state index is -1.04. The normalized spacial score (nSPS) is 10.9. The number of hydrogen-bond acceptors (Lipinski definition) is 4. The van der Waals surface area contributed by atoms with E-state index in [4.69, 9.17) is 5.11 Å². The Morgan fingerprint density at radius 3 is 2.67 bits per heavy atom. The first kappa shape index (κ1) is 10.5. The molecule has 3 aromatic rings. The van der Waals surface area contributed by atoms with Crippen LogP contribution in [-0.4, -0.2) is 35.5 Å². The SMILES string of the molecule is Cn1nccc1-c1ccnc2c(C(=O)O)cnn12. The van der Waals surface area contributed by atoms with E-state index < -0.39 is 5.97 Å². The standard InChI is InChI=1S/C11H9N5O2/c1-15-8(3-5-13-15)9-2-4-12-10-7(11(17)18)6-14-16(9)10/h2-6H,1H3,(H,17,18). The van der Waals surface area contributed by atoms with Crippen LogP contribution in [0.15, 0.2) is 30.7 Å². The third-order valence-electron chi connectivity index (χ3n) is 2.71. The number of carbonyl (C=O) groups is 1. The van der Waals surface area contributed by atoms with Crippen molar-refractivity contribution in [1.82, 2.24) is 24.4 Å². The molecule has 0 fully saturated rings. The van der Waals surface area contributed by atoms with Crippen LogP contribution in [0.4, 0.5) is 0 Å². The molecule has 0 aliphatic rings. The molecule has 3 heterocycles. The fourth-order valence-electron chi connectivity index (χ4n) is 1.86. The van der Waals surface area contributed by atoms with Crippen LogP contribution in [0.25, 0.3) is 17.0 Å². The zero-order valence-electron chi connectivity index (χ0n) is 9.48. The Hall–Kier alpha value is -2.70. The maximum atomic E-state index is 11.0. The van der Waals surface area contributed by atoms with Gasteiger partial charge in [0, 0.05) is 19.4 Å². The number of aryl methyl sites for hydroxylation is 1. The van der Waals surface area contributed by atoms with Gasteiger partial charge in [0.15, 0.2) is 5.65 Å². The molecule has 0 aliphatic heterocycles. The second-order valence-corrected chi connectivity index (χ2v) is 3.77. The lowest BCUT2D eigenvalue weighted by atomic mass is 10.3. The first-order valence-electron chi connectivity index (χ1n) is 5.23. The molecular formula is C11H9N5O2. The Labute approximate surface area is 101 Å². The second kappa shape index (κ2) is 3.66. The lowest BCUT2D eigenvalue weighted by molar-refractivity contribution is 0.0699. The number of hydrogen-bond donors (Lipinski definition) is 1. The molecule has 18 heavy (non-hydrogen) atoms. The summed E-state index contributed by atoms with van der Waals surface area (Å²) in [5.41, 5.74) is 1.98. The van der Waals surface area contributed by atoms with Crippen LogP contribution in [0.3, 0.4) is 0 Å². The summed E-state index contributed by atoms with van der Waals surface area (Å²) in [5.74, 6) is -1.04. The van der Waals surface area contributed by atoms with Crippen molar-refractivity contribution in [2.45, 2.75) is 0 Å². The predicted octanol–water partition coefficient (Wildman–Crippen LogP) is 0.828.